The molecule has 0 aromatic rings. The fourth-order valence-corrected chi connectivity index (χ4v) is 2.90. The first-order chi connectivity index (χ1) is 11.6. The van der Waals surface area contributed by atoms with E-state index in [2.05, 4.69) is 63.2 Å². The maximum atomic E-state index is 4.93. The van der Waals surface area contributed by atoms with Gasteiger partial charge in [-0.3, -0.25) is 9.98 Å². The highest BCUT2D eigenvalue weighted by atomic mass is 15.4. The summed E-state index contributed by atoms with van der Waals surface area (Å²) in [7, 11) is 0. The van der Waals surface area contributed by atoms with Crippen molar-refractivity contribution in [2.45, 2.75) is 61.3 Å². The van der Waals surface area contributed by atoms with Crippen LogP contribution in [0, 0.1) is 0 Å². The third-order valence-corrected chi connectivity index (χ3v) is 4.23. The maximum absolute atomic E-state index is 4.93. The molecule has 0 spiro atoms. The highest BCUT2D eigenvalue weighted by Gasteiger charge is 2.15. The molecule has 5 nitrogen and oxygen atoms in total. The van der Waals surface area contributed by atoms with E-state index in [4.69, 9.17) is 9.98 Å². The van der Waals surface area contributed by atoms with Crippen LogP contribution in [0.2, 0.25) is 0 Å². The van der Waals surface area contributed by atoms with Crippen LogP contribution in [0.5, 0.6) is 0 Å². The minimum atomic E-state index is 0.758. The first-order valence-electron chi connectivity index (χ1n) is 9.89. The Morgan fingerprint density at radius 1 is 0.625 bits per heavy atom. The van der Waals surface area contributed by atoms with Gasteiger partial charge in [0.05, 0.1) is 18.9 Å². The molecule has 0 heterocycles. The Balaban J connectivity index is 5.01. The lowest BCUT2D eigenvalue weighted by Gasteiger charge is -2.33. The molecule has 0 atom stereocenters. The smallest absolute Gasteiger partial charge is 0.196 e. The van der Waals surface area contributed by atoms with E-state index in [1.54, 1.807) is 0 Å². The molecule has 0 saturated carbocycles. The summed E-state index contributed by atoms with van der Waals surface area (Å²) in [5, 5.41) is 0. The summed E-state index contributed by atoms with van der Waals surface area (Å²) in [5.74, 6) is 2.28. The Bertz CT molecular complexity index is 351. The van der Waals surface area contributed by atoms with Gasteiger partial charge >= 0.3 is 0 Å². The minimum Gasteiger partial charge on any atom is -0.361 e. The van der Waals surface area contributed by atoms with E-state index in [1.807, 2.05) is 0 Å². The van der Waals surface area contributed by atoms with Gasteiger partial charge in [0, 0.05) is 39.3 Å². The second-order valence-electron chi connectivity index (χ2n) is 5.94. The molecule has 0 N–H and O–H groups in total. The summed E-state index contributed by atoms with van der Waals surface area (Å²) in [6.07, 6.45) is 2.30. The number of hydrogen-bond acceptors (Lipinski definition) is 2. The predicted octanol–water partition coefficient (Wildman–Crippen LogP) is 3.57. The van der Waals surface area contributed by atoms with Gasteiger partial charge < -0.3 is 14.7 Å². The topological polar surface area (TPSA) is 34.4 Å². The normalized spacial score (nSPS) is 12.5. The molecule has 0 unspecified atom stereocenters. The van der Waals surface area contributed by atoms with Gasteiger partial charge in [-0.1, -0.05) is 13.8 Å². The molecule has 0 aliphatic rings. The van der Waals surface area contributed by atoms with Crippen LogP contribution in [0.3, 0.4) is 0 Å². The van der Waals surface area contributed by atoms with E-state index in [1.165, 1.54) is 0 Å². The number of hydrogen-bond donors (Lipinski definition) is 0. The number of rotatable bonds is 11. The van der Waals surface area contributed by atoms with Crippen LogP contribution in [-0.2, 0) is 0 Å². The Morgan fingerprint density at radius 3 is 1.50 bits per heavy atom. The van der Waals surface area contributed by atoms with Gasteiger partial charge in [-0.05, 0) is 47.5 Å². The van der Waals surface area contributed by atoms with Gasteiger partial charge in [0.15, 0.2) is 5.96 Å². The van der Waals surface area contributed by atoms with E-state index >= 15 is 0 Å². The number of amidine groups is 1. The third kappa shape index (κ3) is 8.02. The summed E-state index contributed by atoms with van der Waals surface area (Å²) in [4.78, 5) is 16.7. The summed E-state index contributed by atoms with van der Waals surface area (Å²) in [5.41, 5.74) is 0. The standard InChI is InChI=1S/C19H41N5/c1-8-16-24(17-9-2)19(23(12-5)13-6)21-15-14-20-18(7)22(10-3)11-4/h8-17H2,1-7H3/b20-18-,21-19-. The van der Waals surface area contributed by atoms with Crippen LogP contribution in [0.4, 0.5) is 0 Å². The molecule has 0 radical (unpaired) electrons. The van der Waals surface area contributed by atoms with Crippen LogP contribution >= 0.6 is 0 Å². The van der Waals surface area contributed by atoms with E-state index in [9.17, 15) is 0 Å². The quantitative estimate of drug-likeness (QED) is 0.328. The van der Waals surface area contributed by atoms with Gasteiger partial charge in [-0.15, -0.1) is 0 Å². The van der Waals surface area contributed by atoms with Crippen molar-refractivity contribution < 1.29 is 0 Å². The lowest BCUT2D eigenvalue weighted by atomic mass is 10.3. The van der Waals surface area contributed by atoms with Crippen molar-refractivity contribution in [1.82, 2.24) is 14.7 Å². The third-order valence-electron chi connectivity index (χ3n) is 4.23. The van der Waals surface area contributed by atoms with Gasteiger partial charge in [-0.25, -0.2) is 0 Å². The first-order valence-corrected chi connectivity index (χ1v) is 9.89. The van der Waals surface area contributed by atoms with Gasteiger partial charge in [-0.2, -0.15) is 0 Å². The van der Waals surface area contributed by atoms with Gasteiger partial charge in [0.2, 0.25) is 0 Å². The Kier molecular flexibility index (Phi) is 13.4. The summed E-state index contributed by atoms with van der Waals surface area (Å²) in [6.45, 7) is 23.0. The fourth-order valence-electron chi connectivity index (χ4n) is 2.90. The van der Waals surface area contributed by atoms with Crippen molar-refractivity contribution in [1.29, 1.82) is 0 Å². The van der Waals surface area contributed by atoms with Crippen LogP contribution in [0.25, 0.3) is 0 Å². The first kappa shape index (κ1) is 22.7. The molecular formula is C19H41N5. The SMILES string of the molecule is CCCN(CCC)/C(=N\CC/N=C(/C)N(CC)CC)N(CC)CC. The van der Waals surface area contributed by atoms with E-state index in [0.29, 0.717) is 0 Å². The Morgan fingerprint density at radius 2 is 1.08 bits per heavy atom. The largest absolute Gasteiger partial charge is 0.361 e. The molecule has 0 rings (SSSR count). The van der Waals surface area contributed by atoms with Gasteiger partial charge in [0.25, 0.3) is 0 Å². The fraction of sp³-hybridized carbons (Fsp3) is 0.895. The monoisotopic (exact) mass is 339 g/mol. The van der Waals surface area contributed by atoms with E-state index in [-0.39, 0.29) is 0 Å². The molecule has 0 aliphatic heterocycles. The predicted molar refractivity (Wildman–Crippen MR) is 108 cm³/mol. The Labute approximate surface area is 150 Å². The minimum absolute atomic E-state index is 0.758. The van der Waals surface area contributed by atoms with Crippen molar-refractivity contribution in [3.8, 4) is 0 Å². The van der Waals surface area contributed by atoms with E-state index in [0.717, 1.165) is 77.0 Å². The number of nitrogens with zero attached hydrogens (tertiary/aromatic N) is 5. The average Bonchev–Trinajstić information content (AvgIpc) is 2.58. The molecular weight excluding hydrogens is 298 g/mol. The summed E-state index contributed by atoms with van der Waals surface area (Å²) < 4.78 is 0. The van der Waals surface area contributed by atoms with Gasteiger partial charge in [0.1, 0.15) is 0 Å². The van der Waals surface area contributed by atoms with Crippen molar-refractivity contribution in [3.63, 3.8) is 0 Å². The van der Waals surface area contributed by atoms with Crippen molar-refractivity contribution in [2.24, 2.45) is 9.98 Å². The zero-order valence-electron chi connectivity index (χ0n) is 17.3. The number of aliphatic imine (C=N–C) groups is 2. The van der Waals surface area contributed by atoms with Crippen LogP contribution in [0.1, 0.15) is 61.3 Å². The Hall–Kier alpha value is -1.26. The van der Waals surface area contributed by atoms with Crippen molar-refractivity contribution >= 4 is 11.8 Å². The second-order valence-corrected chi connectivity index (χ2v) is 5.94. The molecule has 24 heavy (non-hydrogen) atoms. The summed E-state index contributed by atoms with van der Waals surface area (Å²) in [6, 6.07) is 0. The molecule has 0 amide bonds. The molecule has 0 aromatic carbocycles. The molecule has 0 saturated heterocycles. The molecule has 5 heteroatoms. The highest BCUT2D eigenvalue weighted by Crippen LogP contribution is 2.03. The van der Waals surface area contributed by atoms with Crippen molar-refractivity contribution in [2.75, 3.05) is 52.4 Å². The molecule has 0 aliphatic carbocycles. The van der Waals surface area contributed by atoms with Crippen LogP contribution in [0.15, 0.2) is 9.98 Å². The lowest BCUT2D eigenvalue weighted by molar-refractivity contribution is 0.328. The molecule has 142 valence electrons. The molecule has 0 aromatic heterocycles. The highest BCUT2D eigenvalue weighted by molar-refractivity contribution is 5.80. The summed E-state index contributed by atoms with van der Waals surface area (Å²) >= 11 is 0. The zero-order valence-corrected chi connectivity index (χ0v) is 17.3. The molecule has 0 bridgehead atoms. The number of guanidine groups is 1. The average molecular weight is 340 g/mol. The van der Waals surface area contributed by atoms with E-state index < -0.39 is 0 Å². The van der Waals surface area contributed by atoms with Crippen LogP contribution in [-0.4, -0.2) is 78.9 Å². The van der Waals surface area contributed by atoms with Crippen LogP contribution < -0.4 is 0 Å². The molecule has 0 fully saturated rings. The maximum Gasteiger partial charge on any atom is 0.196 e. The van der Waals surface area contributed by atoms with Crippen molar-refractivity contribution in [3.05, 3.63) is 0 Å². The second kappa shape index (κ2) is 14.1. The lowest BCUT2D eigenvalue weighted by Crippen LogP contribution is -2.45. The zero-order chi connectivity index (χ0) is 18.4.